The maximum absolute atomic E-state index is 12.2. The van der Waals surface area contributed by atoms with Crippen molar-refractivity contribution in [1.29, 1.82) is 0 Å². The molecule has 0 bridgehead atoms. The molecule has 0 atom stereocenters. The van der Waals surface area contributed by atoms with Crippen LogP contribution < -0.4 is 24.4 Å². The van der Waals surface area contributed by atoms with Gasteiger partial charge in [0.2, 0.25) is 0 Å². The predicted octanol–water partition coefficient (Wildman–Crippen LogP) is 3.26. The summed E-state index contributed by atoms with van der Waals surface area (Å²) in [6, 6.07) is 10.3. The molecule has 0 fully saturated rings. The van der Waals surface area contributed by atoms with E-state index in [0.717, 1.165) is 0 Å². The number of hydrogen-bond donors (Lipinski definition) is 1. The Morgan fingerprint density at radius 2 is 1.56 bits per heavy atom. The third-order valence-corrected chi connectivity index (χ3v) is 3.60. The molecule has 0 aromatic heterocycles. The normalized spacial score (nSPS) is 10.7. The van der Waals surface area contributed by atoms with Gasteiger partial charge >= 0.3 is 0 Å². The van der Waals surface area contributed by atoms with Crippen LogP contribution in [0.25, 0.3) is 0 Å². The summed E-state index contributed by atoms with van der Waals surface area (Å²) in [6.45, 7) is 3.88. The Bertz CT molecular complexity index is 776. The number of hydrogen-bond acceptors (Lipinski definition) is 6. The zero-order valence-corrected chi connectivity index (χ0v) is 16.1. The smallest absolute Gasteiger partial charge is 0.271 e. The Hall–Kier alpha value is -3.22. The van der Waals surface area contributed by atoms with E-state index in [9.17, 15) is 4.79 Å². The number of carbonyl (C=O) groups excluding carboxylic acids is 1. The molecule has 0 spiro atoms. The molecule has 7 heteroatoms. The lowest BCUT2D eigenvalue weighted by molar-refractivity contribution is 0.0955. The van der Waals surface area contributed by atoms with Crippen molar-refractivity contribution in [3.8, 4) is 23.0 Å². The monoisotopic (exact) mass is 372 g/mol. The van der Waals surface area contributed by atoms with E-state index in [1.54, 1.807) is 43.5 Å². The zero-order chi connectivity index (χ0) is 19.8. The van der Waals surface area contributed by atoms with Crippen LogP contribution in [0.4, 0.5) is 0 Å². The lowest BCUT2D eigenvalue weighted by Gasteiger charge is -2.12. The molecule has 2 rings (SSSR count). The quantitative estimate of drug-likeness (QED) is 0.568. The topological polar surface area (TPSA) is 78.4 Å². The third-order valence-electron chi connectivity index (χ3n) is 3.60. The fourth-order valence-electron chi connectivity index (χ4n) is 2.34. The summed E-state index contributed by atoms with van der Waals surface area (Å²) in [5.41, 5.74) is 3.54. The standard InChI is InChI=1S/C20H24N2O5/c1-13(2)27-15-8-6-14(7-9-15)20(23)22-21-12-17-18(25-4)10-16(24-3)11-19(17)26-5/h6-13H,1-5H3,(H,22,23)/b21-12-. The van der Waals surface area contributed by atoms with E-state index in [4.69, 9.17) is 18.9 Å². The lowest BCUT2D eigenvalue weighted by atomic mass is 10.2. The maximum Gasteiger partial charge on any atom is 0.271 e. The fourth-order valence-corrected chi connectivity index (χ4v) is 2.34. The van der Waals surface area contributed by atoms with Gasteiger partial charge in [-0.3, -0.25) is 4.79 Å². The summed E-state index contributed by atoms with van der Waals surface area (Å²) in [7, 11) is 4.62. The average molecular weight is 372 g/mol. The highest BCUT2D eigenvalue weighted by atomic mass is 16.5. The molecule has 1 N–H and O–H groups in total. The molecule has 2 aromatic carbocycles. The number of carbonyl (C=O) groups is 1. The molecule has 0 radical (unpaired) electrons. The van der Waals surface area contributed by atoms with Crippen molar-refractivity contribution < 1.29 is 23.7 Å². The van der Waals surface area contributed by atoms with Crippen molar-refractivity contribution in [3.63, 3.8) is 0 Å². The van der Waals surface area contributed by atoms with Crippen LogP contribution in [-0.4, -0.2) is 39.6 Å². The van der Waals surface area contributed by atoms with E-state index in [-0.39, 0.29) is 12.0 Å². The molecule has 0 aliphatic rings. The SMILES string of the molecule is COc1cc(OC)c(/C=N\NC(=O)c2ccc(OC(C)C)cc2)c(OC)c1. The second-order valence-electron chi connectivity index (χ2n) is 5.84. The molecule has 0 unspecified atom stereocenters. The van der Waals surface area contributed by atoms with E-state index in [0.29, 0.717) is 34.1 Å². The Balaban J connectivity index is 2.11. The van der Waals surface area contributed by atoms with Gasteiger partial charge in [-0.2, -0.15) is 5.10 Å². The van der Waals surface area contributed by atoms with Crippen LogP contribution in [0, 0.1) is 0 Å². The van der Waals surface area contributed by atoms with Crippen molar-refractivity contribution in [2.75, 3.05) is 21.3 Å². The summed E-state index contributed by atoms with van der Waals surface area (Å²) in [5, 5.41) is 4.00. The van der Waals surface area contributed by atoms with Crippen LogP contribution in [0.5, 0.6) is 23.0 Å². The fraction of sp³-hybridized carbons (Fsp3) is 0.300. The van der Waals surface area contributed by atoms with Crippen LogP contribution >= 0.6 is 0 Å². The van der Waals surface area contributed by atoms with Gasteiger partial charge in [-0.1, -0.05) is 0 Å². The van der Waals surface area contributed by atoms with E-state index in [2.05, 4.69) is 10.5 Å². The van der Waals surface area contributed by atoms with Gasteiger partial charge in [0.25, 0.3) is 5.91 Å². The molecule has 0 heterocycles. The average Bonchev–Trinajstić information content (AvgIpc) is 2.67. The molecule has 27 heavy (non-hydrogen) atoms. The molecule has 0 saturated carbocycles. The summed E-state index contributed by atoms with van der Waals surface area (Å²) in [6.07, 6.45) is 1.54. The first-order chi connectivity index (χ1) is 13.0. The maximum atomic E-state index is 12.2. The summed E-state index contributed by atoms with van der Waals surface area (Å²) < 4.78 is 21.4. The molecule has 0 aliphatic carbocycles. The third kappa shape index (κ3) is 5.37. The first kappa shape index (κ1) is 20.1. The van der Waals surface area contributed by atoms with Gasteiger partial charge in [0, 0.05) is 17.7 Å². The van der Waals surface area contributed by atoms with Gasteiger partial charge in [-0.25, -0.2) is 5.43 Å². The van der Waals surface area contributed by atoms with Gasteiger partial charge in [-0.05, 0) is 38.1 Å². The van der Waals surface area contributed by atoms with Crippen LogP contribution in [-0.2, 0) is 0 Å². The highest BCUT2D eigenvalue weighted by Crippen LogP contribution is 2.32. The van der Waals surface area contributed by atoms with Gasteiger partial charge in [-0.15, -0.1) is 0 Å². The summed E-state index contributed by atoms with van der Waals surface area (Å²) in [4.78, 5) is 12.2. The van der Waals surface area contributed by atoms with Crippen LogP contribution in [0.2, 0.25) is 0 Å². The number of nitrogens with one attached hydrogen (secondary N) is 1. The second-order valence-corrected chi connectivity index (χ2v) is 5.84. The van der Waals surface area contributed by atoms with Crippen LogP contribution in [0.3, 0.4) is 0 Å². The van der Waals surface area contributed by atoms with Gasteiger partial charge in [0.05, 0.1) is 39.2 Å². The van der Waals surface area contributed by atoms with Crippen molar-refractivity contribution in [2.24, 2.45) is 5.10 Å². The minimum atomic E-state index is -0.339. The zero-order valence-electron chi connectivity index (χ0n) is 16.1. The molecule has 1 amide bonds. The van der Waals surface area contributed by atoms with Gasteiger partial charge in [0.15, 0.2) is 0 Å². The van der Waals surface area contributed by atoms with Gasteiger partial charge in [0.1, 0.15) is 23.0 Å². The van der Waals surface area contributed by atoms with Crippen LogP contribution in [0.15, 0.2) is 41.5 Å². The Morgan fingerprint density at radius 1 is 0.963 bits per heavy atom. The second kappa shape index (κ2) is 9.47. The number of benzene rings is 2. The molecular formula is C20H24N2O5. The van der Waals surface area contributed by atoms with E-state index in [1.807, 2.05) is 13.8 Å². The highest BCUT2D eigenvalue weighted by Gasteiger charge is 2.12. The molecule has 144 valence electrons. The summed E-state index contributed by atoms with van der Waals surface area (Å²) >= 11 is 0. The van der Waals surface area contributed by atoms with Crippen molar-refractivity contribution in [1.82, 2.24) is 5.43 Å². The minimum Gasteiger partial charge on any atom is -0.496 e. The number of hydrazone groups is 1. The first-order valence-electron chi connectivity index (χ1n) is 8.38. The Kier molecular flexibility index (Phi) is 7.05. The number of ether oxygens (including phenoxy) is 4. The number of rotatable bonds is 8. The summed E-state index contributed by atoms with van der Waals surface area (Å²) in [5.74, 6) is 1.99. The Labute approximate surface area is 158 Å². The molecule has 2 aromatic rings. The number of nitrogens with zero attached hydrogens (tertiary/aromatic N) is 1. The lowest BCUT2D eigenvalue weighted by Crippen LogP contribution is -2.17. The first-order valence-corrected chi connectivity index (χ1v) is 8.38. The van der Waals surface area contributed by atoms with Crippen molar-refractivity contribution in [3.05, 3.63) is 47.5 Å². The van der Waals surface area contributed by atoms with E-state index < -0.39 is 0 Å². The van der Waals surface area contributed by atoms with Crippen molar-refractivity contribution >= 4 is 12.1 Å². The number of methoxy groups -OCH3 is 3. The molecular weight excluding hydrogens is 348 g/mol. The van der Waals surface area contributed by atoms with Crippen LogP contribution in [0.1, 0.15) is 29.8 Å². The Morgan fingerprint density at radius 3 is 2.04 bits per heavy atom. The van der Waals surface area contributed by atoms with Crippen molar-refractivity contribution in [2.45, 2.75) is 20.0 Å². The highest BCUT2D eigenvalue weighted by molar-refractivity contribution is 5.95. The molecule has 0 saturated heterocycles. The van der Waals surface area contributed by atoms with Gasteiger partial charge < -0.3 is 18.9 Å². The van der Waals surface area contributed by atoms with E-state index in [1.165, 1.54) is 20.4 Å². The molecule has 7 nitrogen and oxygen atoms in total. The predicted molar refractivity (Wildman–Crippen MR) is 103 cm³/mol. The van der Waals surface area contributed by atoms with E-state index >= 15 is 0 Å². The minimum absolute atomic E-state index is 0.0729. The largest absolute Gasteiger partial charge is 0.496 e. The molecule has 0 aliphatic heterocycles. The number of amides is 1.